The van der Waals surface area contributed by atoms with E-state index in [2.05, 4.69) is 26.1 Å². The Balaban J connectivity index is 1.93. The van der Waals surface area contributed by atoms with Crippen molar-refractivity contribution in [2.24, 2.45) is 17.3 Å². The van der Waals surface area contributed by atoms with E-state index in [9.17, 15) is 19.5 Å². The summed E-state index contributed by atoms with van der Waals surface area (Å²) in [6, 6.07) is -0.634. The first-order valence-electron chi connectivity index (χ1n) is 11.4. The summed E-state index contributed by atoms with van der Waals surface area (Å²) in [6.07, 6.45) is 2.74. The van der Waals surface area contributed by atoms with Crippen LogP contribution >= 0.6 is 11.8 Å². The van der Waals surface area contributed by atoms with Gasteiger partial charge in [0.1, 0.15) is 6.04 Å². The number of aliphatic hydroxyl groups excluding tert-OH is 1. The molecule has 2 amide bonds. The molecular weight excluding hydrogens is 416 g/mol. The first kappa shape index (κ1) is 24.4. The Hall–Kier alpha value is -1.28. The molecule has 5 atom stereocenters. The number of fused-ring (bicyclic) bond motifs is 1. The van der Waals surface area contributed by atoms with Crippen LogP contribution in [-0.4, -0.2) is 69.1 Å². The summed E-state index contributed by atoms with van der Waals surface area (Å²) < 4.78 is 4.71. The zero-order chi connectivity index (χ0) is 23.2. The van der Waals surface area contributed by atoms with E-state index in [0.29, 0.717) is 13.0 Å². The summed E-state index contributed by atoms with van der Waals surface area (Å²) in [5.41, 5.74) is -0.396. The van der Waals surface area contributed by atoms with Gasteiger partial charge >= 0.3 is 5.97 Å². The average molecular weight is 455 g/mol. The minimum atomic E-state index is -0.634. The van der Waals surface area contributed by atoms with E-state index in [1.54, 1.807) is 23.6 Å². The number of amides is 2. The van der Waals surface area contributed by atoms with Gasteiger partial charge in [0.05, 0.1) is 23.2 Å². The van der Waals surface area contributed by atoms with Gasteiger partial charge in [-0.15, -0.1) is 11.8 Å². The van der Waals surface area contributed by atoms with Crippen molar-refractivity contribution in [1.82, 2.24) is 10.2 Å². The van der Waals surface area contributed by atoms with Gasteiger partial charge in [-0.05, 0) is 51.9 Å². The van der Waals surface area contributed by atoms with E-state index in [-0.39, 0.29) is 41.7 Å². The third-order valence-corrected chi connectivity index (χ3v) is 8.55. The molecule has 3 heterocycles. The minimum Gasteiger partial charge on any atom is -0.466 e. The van der Waals surface area contributed by atoms with Gasteiger partial charge < -0.3 is 20.1 Å². The number of nitrogens with zero attached hydrogens (tertiary/aromatic N) is 1. The number of hydrogen-bond donors (Lipinski definition) is 2. The number of carbonyl (C=O) groups is 3. The highest BCUT2D eigenvalue weighted by Gasteiger charge is 2.73. The first-order chi connectivity index (χ1) is 14.4. The SMILES string of the molecule is CCOC(=O)[C@@H]1[C@H]2C(=O)N(CCCO)C(C(=O)NC(C)(C)CC(C)(C)C)C23CC[C@H]1S3. The topological polar surface area (TPSA) is 95.9 Å². The molecule has 31 heavy (non-hydrogen) atoms. The van der Waals surface area contributed by atoms with Crippen LogP contribution in [0.15, 0.2) is 0 Å². The zero-order valence-electron chi connectivity index (χ0n) is 19.7. The Labute approximate surface area is 190 Å². The van der Waals surface area contributed by atoms with Crippen molar-refractivity contribution in [3.05, 3.63) is 0 Å². The van der Waals surface area contributed by atoms with Gasteiger partial charge in [0.25, 0.3) is 0 Å². The maximum absolute atomic E-state index is 13.7. The van der Waals surface area contributed by atoms with Gasteiger partial charge in [0.2, 0.25) is 11.8 Å². The van der Waals surface area contributed by atoms with Crippen LogP contribution < -0.4 is 5.32 Å². The highest BCUT2D eigenvalue weighted by Crippen LogP contribution is 2.66. The summed E-state index contributed by atoms with van der Waals surface area (Å²) in [6.45, 7) is 12.8. The van der Waals surface area contributed by atoms with Crippen LogP contribution in [-0.2, 0) is 19.1 Å². The molecule has 176 valence electrons. The summed E-state index contributed by atoms with van der Waals surface area (Å²) in [5.74, 6) is -1.65. The predicted molar refractivity (Wildman–Crippen MR) is 120 cm³/mol. The van der Waals surface area contributed by atoms with Gasteiger partial charge in [0, 0.05) is 23.9 Å². The fourth-order valence-electron chi connectivity index (χ4n) is 6.21. The molecule has 7 nitrogen and oxygen atoms in total. The van der Waals surface area contributed by atoms with Gasteiger partial charge in [-0.25, -0.2) is 0 Å². The van der Waals surface area contributed by atoms with Gasteiger partial charge in [0.15, 0.2) is 0 Å². The van der Waals surface area contributed by atoms with E-state index in [4.69, 9.17) is 4.74 Å². The molecule has 0 radical (unpaired) electrons. The third kappa shape index (κ3) is 4.47. The molecule has 0 aliphatic carbocycles. The Bertz CT molecular complexity index is 734. The van der Waals surface area contributed by atoms with Crippen LogP contribution in [0.2, 0.25) is 0 Å². The molecule has 0 saturated carbocycles. The van der Waals surface area contributed by atoms with Crippen molar-refractivity contribution in [2.45, 2.75) is 88.8 Å². The lowest BCUT2D eigenvalue weighted by molar-refractivity contribution is -0.153. The van der Waals surface area contributed by atoms with Crippen LogP contribution in [0.3, 0.4) is 0 Å². The minimum absolute atomic E-state index is 0.0193. The Morgan fingerprint density at radius 1 is 1.29 bits per heavy atom. The molecule has 2 N–H and O–H groups in total. The summed E-state index contributed by atoms with van der Waals surface area (Å²) in [4.78, 5) is 41.6. The van der Waals surface area contributed by atoms with Crippen LogP contribution in [0, 0.1) is 17.3 Å². The highest BCUT2D eigenvalue weighted by molar-refractivity contribution is 8.02. The van der Waals surface area contributed by atoms with Crippen molar-refractivity contribution in [3.8, 4) is 0 Å². The lowest BCUT2D eigenvalue weighted by atomic mass is 9.71. The van der Waals surface area contributed by atoms with Gasteiger partial charge in [-0.2, -0.15) is 0 Å². The zero-order valence-corrected chi connectivity index (χ0v) is 20.5. The monoisotopic (exact) mass is 454 g/mol. The molecule has 3 aliphatic rings. The number of aliphatic hydroxyl groups is 1. The molecule has 3 aliphatic heterocycles. The smallest absolute Gasteiger partial charge is 0.310 e. The molecule has 3 saturated heterocycles. The molecule has 1 spiro atoms. The summed E-state index contributed by atoms with van der Waals surface area (Å²) in [5, 5.41) is 12.6. The normalized spacial score (nSPS) is 32.4. The largest absolute Gasteiger partial charge is 0.466 e. The third-order valence-electron chi connectivity index (χ3n) is 6.60. The second-order valence-electron chi connectivity index (χ2n) is 11.0. The number of nitrogens with one attached hydrogen (secondary N) is 1. The van der Waals surface area contributed by atoms with Crippen molar-refractivity contribution in [2.75, 3.05) is 19.8 Å². The van der Waals surface area contributed by atoms with Crippen LogP contribution in [0.25, 0.3) is 0 Å². The number of carbonyl (C=O) groups excluding carboxylic acids is 3. The second kappa shape index (κ2) is 8.58. The van der Waals surface area contributed by atoms with Crippen LogP contribution in [0.4, 0.5) is 0 Å². The fraction of sp³-hybridized carbons (Fsp3) is 0.870. The highest BCUT2D eigenvalue weighted by atomic mass is 32.2. The lowest BCUT2D eigenvalue weighted by Gasteiger charge is -2.38. The number of hydrogen-bond acceptors (Lipinski definition) is 6. The number of rotatable bonds is 8. The van der Waals surface area contributed by atoms with E-state index < -0.39 is 28.2 Å². The maximum atomic E-state index is 13.7. The van der Waals surface area contributed by atoms with Crippen LogP contribution in [0.1, 0.15) is 67.2 Å². The molecule has 0 aromatic heterocycles. The quantitative estimate of drug-likeness (QED) is 0.547. The van der Waals surface area contributed by atoms with Crippen molar-refractivity contribution in [3.63, 3.8) is 0 Å². The standard InChI is InChI=1S/C23H38N2O5S/c1-7-30-20(29)15-14-9-10-23(31-14)16(15)19(28)25(11-8-12-26)17(23)18(27)24-22(5,6)13-21(2,3)4/h14-17,26H,7-13H2,1-6H3,(H,24,27)/t14-,15+,16+,17?,23?/m1/s1. The Kier molecular flexibility index (Phi) is 6.74. The fourth-order valence-corrected chi connectivity index (χ4v) is 8.42. The Morgan fingerprint density at radius 2 is 1.97 bits per heavy atom. The maximum Gasteiger partial charge on any atom is 0.310 e. The van der Waals surface area contributed by atoms with Gasteiger partial charge in [-0.3, -0.25) is 14.4 Å². The van der Waals surface area contributed by atoms with Crippen molar-refractivity contribution in [1.29, 1.82) is 0 Å². The number of likely N-dealkylation sites (tertiary alicyclic amines) is 1. The van der Waals surface area contributed by atoms with E-state index in [1.807, 2.05) is 13.8 Å². The van der Waals surface area contributed by atoms with E-state index in [1.165, 1.54) is 0 Å². The average Bonchev–Trinajstić information content (AvgIpc) is 3.25. The molecule has 8 heteroatoms. The second-order valence-corrected chi connectivity index (χ2v) is 12.6. The van der Waals surface area contributed by atoms with Crippen LogP contribution in [0.5, 0.6) is 0 Å². The molecule has 3 rings (SSSR count). The molecule has 2 unspecified atom stereocenters. The van der Waals surface area contributed by atoms with Gasteiger partial charge in [-0.1, -0.05) is 20.8 Å². The van der Waals surface area contributed by atoms with E-state index in [0.717, 1.165) is 19.3 Å². The number of thioether (sulfide) groups is 1. The summed E-state index contributed by atoms with van der Waals surface area (Å²) >= 11 is 1.64. The number of ether oxygens (including phenoxy) is 1. The number of esters is 1. The lowest BCUT2D eigenvalue weighted by Crippen LogP contribution is -2.58. The molecule has 0 aromatic carbocycles. The van der Waals surface area contributed by atoms with E-state index >= 15 is 0 Å². The molecule has 2 bridgehead atoms. The molecule has 0 aromatic rings. The van der Waals surface area contributed by atoms with Crippen molar-refractivity contribution >= 4 is 29.5 Å². The van der Waals surface area contributed by atoms with Crippen molar-refractivity contribution < 1.29 is 24.2 Å². The Morgan fingerprint density at radius 3 is 2.55 bits per heavy atom. The predicted octanol–water partition coefficient (Wildman–Crippen LogP) is 2.35. The molecular formula is C23H38N2O5S. The first-order valence-corrected chi connectivity index (χ1v) is 12.3. The molecule has 3 fully saturated rings. The summed E-state index contributed by atoms with van der Waals surface area (Å²) in [7, 11) is 0.